The zero-order valence-corrected chi connectivity index (χ0v) is 9.36. The van der Waals surface area contributed by atoms with Gasteiger partial charge in [-0.3, -0.25) is 4.79 Å². The largest absolute Gasteiger partial charge is 0.481 e. The monoisotopic (exact) mass is 244 g/mol. The van der Waals surface area contributed by atoms with E-state index in [0.29, 0.717) is 6.42 Å². The van der Waals surface area contributed by atoms with Gasteiger partial charge < -0.3 is 10.2 Å². The van der Waals surface area contributed by atoms with Gasteiger partial charge in [0.2, 0.25) is 0 Å². The molecule has 0 spiro atoms. The number of carboxylic acid groups (broad SMARTS) is 1. The summed E-state index contributed by atoms with van der Waals surface area (Å²) in [7, 11) is 0. The topological polar surface area (TPSA) is 57.5 Å². The Morgan fingerprint density at radius 1 is 1.41 bits per heavy atom. The molecule has 0 radical (unpaired) electrons. The van der Waals surface area contributed by atoms with E-state index in [-0.39, 0.29) is 12.0 Å². The van der Waals surface area contributed by atoms with Crippen LogP contribution in [0, 0.1) is 17.6 Å². The first-order chi connectivity index (χ1) is 7.97. The molecule has 0 aliphatic rings. The van der Waals surface area contributed by atoms with Gasteiger partial charge in [-0.1, -0.05) is 13.3 Å². The fraction of sp³-hybridized carbons (Fsp3) is 0.417. The van der Waals surface area contributed by atoms with Gasteiger partial charge in [0.05, 0.1) is 12.0 Å². The molecule has 0 aliphatic heterocycles. The normalized spacial score (nSPS) is 14.4. The van der Waals surface area contributed by atoms with Gasteiger partial charge in [-0.2, -0.15) is 0 Å². The van der Waals surface area contributed by atoms with Crippen molar-refractivity contribution in [3.05, 3.63) is 35.4 Å². The second-order valence-electron chi connectivity index (χ2n) is 3.84. The Labute approximate surface area is 97.7 Å². The standard InChI is InChI=1S/C12H14F2O3/c1-2-3-8(12(16)17)11(15)9-6-7(13)4-5-10(9)14/h4-6,8,11,15H,2-3H2,1H3,(H,16,17). The molecule has 2 atom stereocenters. The second-order valence-corrected chi connectivity index (χ2v) is 3.84. The zero-order chi connectivity index (χ0) is 13.0. The number of hydrogen-bond donors (Lipinski definition) is 2. The number of hydrogen-bond acceptors (Lipinski definition) is 2. The van der Waals surface area contributed by atoms with Gasteiger partial charge in [0.1, 0.15) is 11.6 Å². The lowest BCUT2D eigenvalue weighted by molar-refractivity contribution is -0.146. The van der Waals surface area contributed by atoms with E-state index < -0.39 is 29.6 Å². The Balaban J connectivity index is 3.04. The van der Waals surface area contributed by atoms with E-state index in [9.17, 15) is 18.7 Å². The predicted octanol–water partition coefficient (Wildman–Crippen LogP) is 2.50. The number of benzene rings is 1. The minimum Gasteiger partial charge on any atom is -0.481 e. The van der Waals surface area contributed by atoms with Crippen molar-refractivity contribution >= 4 is 5.97 Å². The number of aliphatic hydroxyl groups is 1. The summed E-state index contributed by atoms with van der Waals surface area (Å²) in [6.45, 7) is 1.75. The van der Waals surface area contributed by atoms with Crippen LogP contribution in [0.1, 0.15) is 31.4 Å². The molecule has 1 aromatic rings. The second kappa shape index (κ2) is 5.72. The summed E-state index contributed by atoms with van der Waals surface area (Å²) in [6, 6.07) is 2.62. The molecule has 0 amide bonds. The van der Waals surface area contributed by atoms with E-state index in [1.807, 2.05) is 0 Å². The van der Waals surface area contributed by atoms with E-state index in [2.05, 4.69) is 0 Å². The molecule has 2 N–H and O–H groups in total. The average molecular weight is 244 g/mol. The van der Waals surface area contributed by atoms with Crippen molar-refractivity contribution in [1.82, 2.24) is 0 Å². The number of rotatable bonds is 5. The van der Waals surface area contributed by atoms with Crippen molar-refractivity contribution < 1.29 is 23.8 Å². The minimum atomic E-state index is -1.54. The first kappa shape index (κ1) is 13.6. The molecular weight excluding hydrogens is 230 g/mol. The highest BCUT2D eigenvalue weighted by atomic mass is 19.1. The molecule has 2 unspecified atom stereocenters. The Hall–Kier alpha value is -1.49. The quantitative estimate of drug-likeness (QED) is 0.836. The molecule has 0 aliphatic carbocycles. The van der Waals surface area contributed by atoms with Crippen LogP contribution in [-0.4, -0.2) is 16.2 Å². The lowest BCUT2D eigenvalue weighted by Crippen LogP contribution is -2.22. The van der Waals surface area contributed by atoms with Crippen molar-refractivity contribution in [2.75, 3.05) is 0 Å². The molecule has 17 heavy (non-hydrogen) atoms. The minimum absolute atomic E-state index is 0.201. The highest BCUT2D eigenvalue weighted by Gasteiger charge is 2.29. The van der Waals surface area contributed by atoms with Crippen LogP contribution < -0.4 is 0 Å². The SMILES string of the molecule is CCCC(C(=O)O)C(O)c1cc(F)ccc1F. The van der Waals surface area contributed by atoms with Gasteiger partial charge in [0.25, 0.3) is 0 Å². The van der Waals surface area contributed by atoms with Crippen LogP contribution >= 0.6 is 0 Å². The fourth-order valence-corrected chi connectivity index (χ4v) is 1.69. The summed E-state index contributed by atoms with van der Waals surface area (Å²) >= 11 is 0. The van der Waals surface area contributed by atoms with Gasteiger partial charge in [-0.05, 0) is 24.6 Å². The van der Waals surface area contributed by atoms with E-state index in [4.69, 9.17) is 5.11 Å². The van der Waals surface area contributed by atoms with Crippen molar-refractivity contribution in [2.45, 2.75) is 25.9 Å². The Morgan fingerprint density at radius 2 is 2.06 bits per heavy atom. The van der Waals surface area contributed by atoms with E-state index in [1.54, 1.807) is 6.92 Å². The van der Waals surface area contributed by atoms with E-state index in [0.717, 1.165) is 18.2 Å². The fourth-order valence-electron chi connectivity index (χ4n) is 1.69. The van der Waals surface area contributed by atoms with E-state index >= 15 is 0 Å². The maximum Gasteiger partial charge on any atom is 0.309 e. The van der Waals surface area contributed by atoms with Crippen LogP contribution in [-0.2, 0) is 4.79 Å². The molecule has 0 saturated heterocycles. The predicted molar refractivity (Wildman–Crippen MR) is 57.4 cm³/mol. The number of carbonyl (C=O) groups is 1. The Kier molecular flexibility index (Phi) is 4.57. The number of halogens is 2. The smallest absolute Gasteiger partial charge is 0.309 e. The van der Waals surface area contributed by atoms with Gasteiger partial charge in [0.15, 0.2) is 0 Å². The molecule has 1 aromatic carbocycles. The van der Waals surface area contributed by atoms with Crippen molar-refractivity contribution in [3.63, 3.8) is 0 Å². The molecule has 5 heteroatoms. The lowest BCUT2D eigenvalue weighted by Gasteiger charge is -2.19. The van der Waals surface area contributed by atoms with Gasteiger partial charge in [-0.15, -0.1) is 0 Å². The molecule has 94 valence electrons. The third-order valence-corrected chi connectivity index (χ3v) is 2.57. The highest BCUT2D eigenvalue weighted by Crippen LogP contribution is 2.28. The van der Waals surface area contributed by atoms with Crippen LogP contribution in [0.15, 0.2) is 18.2 Å². The molecule has 0 heterocycles. The van der Waals surface area contributed by atoms with Crippen molar-refractivity contribution in [2.24, 2.45) is 5.92 Å². The summed E-state index contributed by atoms with van der Waals surface area (Å²) in [6.07, 6.45) is -0.805. The summed E-state index contributed by atoms with van der Waals surface area (Å²) in [5.41, 5.74) is -0.314. The van der Waals surface area contributed by atoms with Crippen molar-refractivity contribution in [3.8, 4) is 0 Å². The third-order valence-electron chi connectivity index (χ3n) is 2.57. The van der Waals surface area contributed by atoms with Gasteiger partial charge in [0, 0.05) is 5.56 Å². The molecule has 0 fully saturated rings. The van der Waals surface area contributed by atoms with Crippen LogP contribution in [0.5, 0.6) is 0 Å². The molecule has 0 bridgehead atoms. The number of aliphatic hydroxyl groups excluding tert-OH is 1. The Bertz CT molecular complexity index is 407. The molecule has 1 rings (SSSR count). The summed E-state index contributed by atoms with van der Waals surface area (Å²) in [5.74, 6) is -3.86. The highest BCUT2D eigenvalue weighted by molar-refractivity contribution is 5.71. The van der Waals surface area contributed by atoms with E-state index in [1.165, 1.54) is 0 Å². The summed E-state index contributed by atoms with van der Waals surface area (Å²) in [4.78, 5) is 10.9. The Morgan fingerprint density at radius 3 is 2.59 bits per heavy atom. The molecule has 0 saturated carbocycles. The molecule has 0 aromatic heterocycles. The third kappa shape index (κ3) is 3.23. The van der Waals surface area contributed by atoms with Crippen molar-refractivity contribution in [1.29, 1.82) is 0 Å². The molecule has 3 nitrogen and oxygen atoms in total. The van der Waals surface area contributed by atoms with Crippen LogP contribution in [0.2, 0.25) is 0 Å². The summed E-state index contributed by atoms with van der Waals surface area (Å²) < 4.78 is 26.3. The summed E-state index contributed by atoms with van der Waals surface area (Å²) in [5, 5.41) is 18.7. The average Bonchev–Trinajstić information content (AvgIpc) is 2.28. The molecular formula is C12H14F2O3. The van der Waals surface area contributed by atoms with Crippen LogP contribution in [0.25, 0.3) is 0 Å². The lowest BCUT2D eigenvalue weighted by atomic mass is 9.91. The van der Waals surface area contributed by atoms with Gasteiger partial charge in [-0.25, -0.2) is 8.78 Å². The van der Waals surface area contributed by atoms with Crippen LogP contribution in [0.3, 0.4) is 0 Å². The maximum absolute atomic E-state index is 13.4. The van der Waals surface area contributed by atoms with Gasteiger partial charge >= 0.3 is 5.97 Å². The zero-order valence-electron chi connectivity index (χ0n) is 9.36. The first-order valence-corrected chi connectivity index (χ1v) is 5.33. The maximum atomic E-state index is 13.4. The number of carboxylic acids is 1. The first-order valence-electron chi connectivity index (χ1n) is 5.33. The van der Waals surface area contributed by atoms with Crippen LogP contribution in [0.4, 0.5) is 8.78 Å². The number of aliphatic carboxylic acids is 1.